The highest BCUT2D eigenvalue weighted by Crippen LogP contribution is 2.14. The van der Waals surface area contributed by atoms with Gasteiger partial charge in [-0.1, -0.05) is 13.8 Å². The highest BCUT2D eigenvalue weighted by Gasteiger charge is 2.05. The minimum absolute atomic E-state index is 0.741. The summed E-state index contributed by atoms with van der Waals surface area (Å²) < 4.78 is 0. The molecule has 0 radical (unpaired) electrons. The van der Waals surface area contributed by atoms with E-state index in [1.54, 1.807) is 0 Å². The highest BCUT2D eigenvalue weighted by atomic mass is 16.4. The van der Waals surface area contributed by atoms with E-state index in [-0.39, 0.29) is 0 Å². The first-order valence-corrected chi connectivity index (χ1v) is 4.95. The van der Waals surface area contributed by atoms with E-state index >= 15 is 0 Å². The smallest absolute Gasteiger partial charge is 0.0990 e. The number of carboxylic acids is 1. The number of hydrogen-bond acceptors (Lipinski definition) is 2. The molecule has 0 aliphatic carbocycles. The minimum Gasteiger partial charge on any atom is -0.550 e. The van der Waals surface area contributed by atoms with Crippen LogP contribution in [0.5, 0.6) is 0 Å². The molecule has 2 N–H and O–H groups in total. The third-order valence-electron chi connectivity index (χ3n) is 2.10. The van der Waals surface area contributed by atoms with E-state index in [0.29, 0.717) is 0 Å². The molecule has 14 heavy (non-hydrogen) atoms. The summed E-state index contributed by atoms with van der Waals surface area (Å²) in [6.07, 6.45) is 7.93. The summed E-state index contributed by atoms with van der Waals surface area (Å²) in [5, 5.41) is 11.1. The topological polar surface area (TPSA) is 56.7 Å². The Morgan fingerprint density at radius 2 is 2.29 bits per heavy atom. The number of rotatable bonds is 2. The Hall–Kier alpha value is -1.09. The first kappa shape index (κ1) is 12.9. The van der Waals surface area contributed by atoms with Crippen molar-refractivity contribution >= 4 is 5.97 Å². The molecule has 0 aromatic heterocycles. The van der Waals surface area contributed by atoms with Crippen LogP contribution in [-0.2, 0) is 4.79 Å². The van der Waals surface area contributed by atoms with Gasteiger partial charge in [-0.3, -0.25) is 0 Å². The van der Waals surface area contributed by atoms with Crippen LogP contribution in [0.15, 0.2) is 23.9 Å². The van der Waals surface area contributed by atoms with Crippen LogP contribution in [0.1, 0.15) is 27.2 Å². The molecule has 1 rings (SSSR count). The zero-order valence-corrected chi connectivity index (χ0v) is 9.12. The van der Waals surface area contributed by atoms with Crippen LogP contribution in [0.25, 0.3) is 0 Å². The van der Waals surface area contributed by atoms with E-state index in [4.69, 9.17) is 9.90 Å². The summed E-state index contributed by atoms with van der Waals surface area (Å²) in [4.78, 5) is 8.89. The van der Waals surface area contributed by atoms with Crippen molar-refractivity contribution in [1.29, 1.82) is 0 Å². The van der Waals surface area contributed by atoms with Gasteiger partial charge in [0, 0.05) is 5.97 Å². The predicted octanol–water partition coefficient (Wildman–Crippen LogP) is -0.194. The SMILES string of the molecule is CC(=O)[O-].CCC(C)C1=CC[NH2+]C=C1. The van der Waals surface area contributed by atoms with Gasteiger partial charge in [0.2, 0.25) is 0 Å². The Labute approximate surface area is 85.5 Å². The monoisotopic (exact) mass is 197 g/mol. The summed E-state index contributed by atoms with van der Waals surface area (Å²) in [6, 6.07) is 0. The van der Waals surface area contributed by atoms with Crippen LogP contribution in [0.2, 0.25) is 0 Å². The lowest BCUT2D eigenvalue weighted by atomic mass is 9.97. The Bertz CT molecular complexity index is 227. The molecule has 80 valence electrons. The molecule has 0 saturated carbocycles. The number of carboxylic acid groups (broad SMARTS) is 1. The van der Waals surface area contributed by atoms with Gasteiger partial charge in [-0.25, -0.2) is 0 Å². The van der Waals surface area contributed by atoms with Gasteiger partial charge < -0.3 is 15.2 Å². The van der Waals surface area contributed by atoms with Crippen LogP contribution in [0, 0.1) is 5.92 Å². The molecular weight excluding hydrogens is 178 g/mol. The van der Waals surface area contributed by atoms with Crippen LogP contribution in [-0.4, -0.2) is 12.5 Å². The molecule has 1 unspecified atom stereocenters. The Morgan fingerprint density at radius 1 is 1.71 bits per heavy atom. The van der Waals surface area contributed by atoms with E-state index in [2.05, 4.69) is 37.5 Å². The first-order chi connectivity index (χ1) is 6.57. The average Bonchev–Trinajstić information content (AvgIpc) is 2.17. The van der Waals surface area contributed by atoms with Crippen LogP contribution >= 0.6 is 0 Å². The van der Waals surface area contributed by atoms with Crippen molar-refractivity contribution in [2.75, 3.05) is 6.54 Å². The number of carbonyl (C=O) groups excluding carboxylic acids is 1. The fourth-order valence-electron chi connectivity index (χ4n) is 1.13. The van der Waals surface area contributed by atoms with Crippen molar-refractivity contribution < 1.29 is 15.2 Å². The highest BCUT2D eigenvalue weighted by molar-refractivity contribution is 5.60. The third kappa shape index (κ3) is 6.43. The van der Waals surface area contributed by atoms with Gasteiger partial charge in [-0.05, 0) is 37.0 Å². The lowest BCUT2D eigenvalue weighted by molar-refractivity contribution is -0.579. The van der Waals surface area contributed by atoms with E-state index < -0.39 is 5.97 Å². The Morgan fingerprint density at radius 3 is 2.64 bits per heavy atom. The first-order valence-electron chi connectivity index (χ1n) is 4.95. The van der Waals surface area contributed by atoms with Gasteiger partial charge in [-0.15, -0.1) is 0 Å². The number of allylic oxidation sites excluding steroid dienone is 2. The lowest BCUT2D eigenvalue weighted by Crippen LogP contribution is -2.78. The standard InChI is InChI=1S/C9H15N.C2H4O2/c1-3-8(2)9-4-6-10-7-5-9;1-2(3)4/h4-6,8,10H,3,7H2,1-2H3;1H3,(H,3,4). The number of quaternary nitrogens is 1. The summed E-state index contributed by atoms with van der Waals surface area (Å²) in [5.74, 6) is -0.343. The number of aliphatic carboxylic acids is 1. The zero-order chi connectivity index (χ0) is 11.0. The van der Waals surface area contributed by atoms with Gasteiger partial charge in [0.15, 0.2) is 0 Å². The third-order valence-corrected chi connectivity index (χ3v) is 2.10. The molecule has 3 nitrogen and oxygen atoms in total. The fourth-order valence-corrected chi connectivity index (χ4v) is 1.13. The summed E-state index contributed by atoms with van der Waals surface area (Å²) in [6.45, 7) is 6.61. The second kappa shape index (κ2) is 7.33. The Balaban J connectivity index is 0.000000364. The number of carbonyl (C=O) groups is 1. The van der Waals surface area contributed by atoms with Crippen molar-refractivity contribution in [1.82, 2.24) is 0 Å². The maximum Gasteiger partial charge on any atom is 0.0990 e. The lowest BCUT2D eigenvalue weighted by Gasteiger charge is -2.11. The zero-order valence-electron chi connectivity index (χ0n) is 9.12. The van der Waals surface area contributed by atoms with Crippen LogP contribution in [0.4, 0.5) is 0 Å². The van der Waals surface area contributed by atoms with E-state index in [0.717, 1.165) is 19.4 Å². The molecule has 0 amide bonds. The van der Waals surface area contributed by atoms with E-state index in [1.807, 2.05) is 0 Å². The van der Waals surface area contributed by atoms with Gasteiger partial charge in [0.1, 0.15) is 0 Å². The number of nitrogens with two attached hydrogens (primary N) is 1. The summed E-state index contributed by atoms with van der Waals surface area (Å²) in [5.41, 5.74) is 1.50. The van der Waals surface area contributed by atoms with Crippen molar-refractivity contribution in [2.45, 2.75) is 27.2 Å². The second-order valence-electron chi connectivity index (χ2n) is 3.34. The molecule has 1 aliphatic heterocycles. The molecule has 1 heterocycles. The predicted molar refractivity (Wildman–Crippen MR) is 54.2 cm³/mol. The normalized spacial score (nSPS) is 16.4. The molecular formula is C11H19NO2. The van der Waals surface area contributed by atoms with Gasteiger partial charge in [0.05, 0.1) is 12.7 Å². The summed E-state index contributed by atoms with van der Waals surface area (Å²) >= 11 is 0. The van der Waals surface area contributed by atoms with Gasteiger partial charge in [0.25, 0.3) is 0 Å². The van der Waals surface area contributed by atoms with Crippen molar-refractivity contribution in [3.05, 3.63) is 23.9 Å². The van der Waals surface area contributed by atoms with E-state index in [9.17, 15) is 0 Å². The summed E-state index contributed by atoms with van der Waals surface area (Å²) in [7, 11) is 0. The van der Waals surface area contributed by atoms with Crippen molar-refractivity contribution in [3.63, 3.8) is 0 Å². The van der Waals surface area contributed by atoms with E-state index in [1.165, 1.54) is 12.0 Å². The maximum absolute atomic E-state index is 8.89. The number of hydrogen-bond donors (Lipinski definition) is 1. The molecule has 0 spiro atoms. The molecule has 0 aromatic rings. The van der Waals surface area contributed by atoms with Gasteiger partial charge >= 0.3 is 0 Å². The second-order valence-corrected chi connectivity index (χ2v) is 3.34. The quantitative estimate of drug-likeness (QED) is 0.667. The van der Waals surface area contributed by atoms with Crippen molar-refractivity contribution in [2.24, 2.45) is 5.92 Å². The fraction of sp³-hybridized carbons (Fsp3) is 0.545. The van der Waals surface area contributed by atoms with Gasteiger partial charge in [-0.2, -0.15) is 0 Å². The molecule has 0 bridgehead atoms. The Kier molecular flexibility index (Phi) is 6.76. The molecule has 3 heteroatoms. The van der Waals surface area contributed by atoms with Crippen molar-refractivity contribution in [3.8, 4) is 0 Å². The molecule has 0 saturated heterocycles. The largest absolute Gasteiger partial charge is 0.550 e. The maximum atomic E-state index is 8.89. The van der Waals surface area contributed by atoms with Crippen LogP contribution in [0.3, 0.4) is 0 Å². The molecule has 1 aliphatic rings. The average molecular weight is 197 g/mol. The van der Waals surface area contributed by atoms with Crippen LogP contribution < -0.4 is 10.4 Å². The minimum atomic E-state index is -1.08. The molecule has 0 aromatic carbocycles. The molecule has 0 fully saturated rings. The molecule has 1 atom stereocenters.